The lowest BCUT2D eigenvalue weighted by Crippen LogP contribution is -2.32. The molecule has 0 saturated carbocycles. The average molecular weight is 619 g/mol. The van der Waals surface area contributed by atoms with Gasteiger partial charge in [-0.3, -0.25) is 14.5 Å². The molecule has 2 aromatic carbocycles. The molecule has 0 N–H and O–H groups in total. The van der Waals surface area contributed by atoms with E-state index in [1.54, 1.807) is 54.5 Å². The molecule has 0 radical (unpaired) electrons. The number of fused-ring (bicyclic) bond motifs is 2. The fourth-order valence-corrected chi connectivity index (χ4v) is 5.60. The van der Waals surface area contributed by atoms with Crippen molar-refractivity contribution in [2.24, 2.45) is 7.05 Å². The van der Waals surface area contributed by atoms with Gasteiger partial charge in [0.2, 0.25) is 0 Å². The summed E-state index contributed by atoms with van der Waals surface area (Å²) in [5.74, 6) is -0.958. The summed E-state index contributed by atoms with van der Waals surface area (Å²) in [6, 6.07) is 8.52. The van der Waals surface area contributed by atoms with Crippen LogP contribution in [0.15, 0.2) is 61.4 Å². The van der Waals surface area contributed by atoms with E-state index < -0.39 is 23.7 Å². The maximum Gasteiger partial charge on any atom is 0.435 e. The van der Waals surface area contributed by atoms with Crippen molar-refractivity contribution in [2.75, 3.05) is 24.7 Å². The minimum Gasteiger partial charge on any atom is -0.490 e. The Labute approximate surface area is 256 Å². The van der Waals surface area contributed by atoms with Crippen LogP contribution in [0.2, 0.25) is 0 Å². The van der Waals surface area contributed by atoms with Crippen molar-refractivity contribution in [3.8, 4) is 16.9 Å². The molecular formula is C32H29F3N6O4. The van der Waals surface area contributed by atoms with Crippen LogP contribution < -0.4 is 9.64 Å². The van der Waals surface area contributed by atoms with Crippen molar-refractivity contribution in [2.45, 2.75) is 33.0 Å². The van der Waals surface area contributed by atoms with Crippen molar-refractivity contribution >= 4 is 28.5 Å². The first-order chi connectivity index (χ1) is 21.6. The second kappa shape index (κ2) is 11.7. The topological polar surface area (TPSA) is 104 Å². The lowest BCUT2D eigenvalue weighted by molar-refractivity contribution is -0.141. The van der Waals surface area contributed by atoms with Gasteiger partial charge >= 0.3 is 12.1 Å². The number of imidazole rings is 1. The molecule has 232 valence electrons. The highest BCUT2D eigenvalue weighted by Crippen LogP contribution is 2.43. The Morgan fingerprint density at radius 2 is 1.87 bits per heavy atom. The highest BCUT2D eigenvalue weighted by molar-refractivity contribution is 6.15. The van der Waals surface area contributed by atoms with E-state index in [0.29, 0.717) is 28.6 Å². The molecule has 0 bridgehead atoms. The third kappa shape index (κ3) is 5.61. The molecule has 4 heterocycles. The van der Waals surface area contributed by atoms with Gasteiger partial charge < -0.3 is 18.9 Å². The fourth-order valence-electron chi connectivity index (χ4n) is 5.60. The van der Waals surface area contributed by atoms with Crippen LogP contribution in [0.4, 0.5) is 18.9 Å². The SMILES string of the molecule is CCOC(=O)c1cc(CC)cc2c(N3CCOc4c(cc(Cn5ccnc5)cc4-c4cn(C)nc4C(F)(F)F)C3=O)ccnc12. The molecule has 1 amide bonds. The molecule has 0 aliphatic carbocycles. The number of nitrogens with zero attached hydrogens (tertiary/aromatic N) is 6. The molecule has 45 heavy (non-hydrogen) atoms. The molecule has 13 heteroatoms. The van der Waals surface area contributed by atoms with Gasteiger partial charge in [-0.25, -0.2) is 9.78 Å². The second-order valence-electron chi connectivity index (χ2n) is 10.6. The van der Waals surface area contributed by atoms with E-state index in [4.69, 9.17) is 9.47 Å². The van der Waals surface area contributed by atoms with E-state index in [0.717, 1.165) is 10.2 Å². The van der Waals surface area contributed by atoms with Crippen LogP contribution >= 0.6 is 0 Å². The van der Waals surface area contributed by atoms with Crippen LogP contribution in [-0.2, 0) is 30.9 Å². The fraction of sp³-hybridized carbons (Fsp3) is 0.281. The van der Waals surface area contributed by atoms with Crippen LogP contribution in [0, 0.1) is 0 Å². The molecule has 3 aromatic heterocycles. The van der Waals surface area contributed by atoms with Gasteiger partial charge in [0, 0.05) is 54.9 Å². The molecule has 1 aliphatic rings. The molecule has 0 unspecified atom stereocenters. The van der Waals surface area contributed by atoms with Crippen molar-refractivity contribution in [1.29, 1.82) is 0 Å². The average Bonchev–Trinajstić information content (AvgIpc) is 3.64. The Balaban J connectivity index is 1.54. The Morgan fingerprint density at radius 1 is 1.07 bits per heavy atom. The molecule has 0 atom stereocenters. The van der Waals surface area contributed by atoms with Gasteiger partial charge in [0.15, 0.2) is 5.69 Å². The van der Waals surface area contributed by atoms with E-state index >= 15 is 0 Å². The molecule has 0 saturated heterocycles. The molecular weight excluding hydrogens is 589 g/mol. The number of aromatic nitrogens is 5. The van der Waals surface area contributed by atoms with E-state index in [2.05, 4.69) is 15.1 Å². The smallest absolute Gasteiger partial charge is 0.435 e. The number of amides is 1. The number of esters is 1. The van der Waals surface area contributed by atoms with Gasteiger partial charge in [0.05, 0.1) is 41.8 Å². The number of pyridine rings is 1. The number of alkyl halides is 3. The number of halogens is 3. The third-order valence-corrected chi connectivity index (χ3v) is 7.57. The lowest BCUT2D eigenvalue weighted by Gasteiger charge is -2.23. The van der Waals surface area contributed by atoms with Crippen molar-refractivity contribution < 1.29 is 32.2 Å². The van der Waals surface area contributed by atoms with Crippen LogP contribution in [0.3, 0.4) is 0 Å². The third-order valence-electron chi connectivity index (χ3n) is 7.57. The quantitative estimate of drug-likeness (QED) is 0.216. The first kappa shape index (κ1) is 29.9. The van der Waals surface area contributed by atoms with Gasteiger partial charge in [-0.2, -0.15) is 18.3 Å². The number of rotatable bonds is 7. The molecule has 10 nitrogen and oxygen atoms in total. The standard InChI is InChI=1S/C32H29F3N6O4/c1-4-19-12-22-26(6-7-37-27(22)23(13-19)31(43)44-5-2)41-10-11-45-28-21(25-17-39(3)38-29(25)32(33,34)35)14-20(15-24(28)30(41)42)16-40-9-8-36-18-40/h6-9,12-15,17-18H,4-5,10-11,16H2,1-3H3. The highest BCUT2D eigenvalue weighted by atomic mass is 19.4. The summed E-state index contributed by atoms with van der Waals surface area (Å²) in [4.78, 5) is 37.4. The van der Waals surface area contributed by atoms with Crippen LogP contribution in [0.1, 0.15) is 51.4 Å². The highest BCUT2D eigenvalue weighted by Gasteiger charge is 2.39. The first-order valence-corrected chi connectivity index (χ1v) is 14.4. The Hall–Kier alpha value is -5.20. The zero-order valence-electron chi connectivity index (χ0n) is 24.8. The first-order valence-electron chi connectivity index (χ1n) is 14.4. The van der Waals surface area contributed by atoms with Crippen LogP contribution in [-0.4, -0.2) is 56.0 Å². The minimum atomic E-state index is -4.74. The molecule has 1 aliphatic heterocycles. The van der Waals surface area contributed by atoms with E-state index in [9.17, 15) is 22.8 Å². The summed E-state index contributed by atoms with van der Waals surface area (Å²) in [7, 11) is 1.41. The number of anilines is 1. The summed E-state index contributed by atoms with van der Waals surface area (Å²) in [6.45, 7) is 4.18. The minimum absolute atomic E-state index is 0.00373. The largest absolute Gasteiger partial charge is 0.490 e. The Morgan fingerprint density at radius 3 is 2.58 bits per heavy atom. The summed E-state index contributed by atoms with van der Waals surface area (Å²) in [6.07, 6.45) is 3.55. The number of carbonyl (C=O) groups excluding carboxylic acids is 2. The van der Waals surface area contributed by atoms with Crippen LogP contribution in [0.5, 0.6) is 5.75 Å². The van der Waals surface area contributed by atoms with Gasteiger partial charge in [0.25, 0.3) is 5.91 Å². The number of hydrogen-bond acceptors (Lipinski definition) is 7. The molecule has 6 rings (SSSR count). The van der Waals surface area contributed by atoms with E-state index in [1.807, 2.05) is 13.0 Å². The summed E-state index contributed by atoms with van der Waals surface area (Å²) >= 11 is 0. The summed E-state index contributed by atoms with van der Waals surface area (Å²) in [5, 5.41) is 4.25. The number of hydrogen-bond donors (Lipinski definition) is 0. The van der Waals surface area contributed by atoms with Gasteiger partial charge in [-0.05, 0) is 54.8 Å². The number of aryl methyl sites for hydroxylation is 2. The zero-order chi connectivity index (χ0) is 31.9. The molecule has 0 spiro atoms. The summed E-state index contributed by atoms with van der Waals surface area (Å²) in [5.41, 5.74) is 1.49. The molecule has 0 fully saturated rings. The van der Waals surface area contributed by atoms with Gasteiger partial charge in [-0.15, -0.1) is 0 Å². The monoisotopic (exact) mass is 618 g/mol. The predicted molar refractivity (Wildman–Crippen MR) is 159 cm³/mol. The van der Waals surface area contributed by atoms with E-state index in [-0.39, 0.29) is 54.3 Å². The van der Waals surface area contributed by atoms with Crippen molar-refractivity contribution in [1.82, 2.24) is 24.3 Å². The lowest BCUT2D eigenvalue weighted by atomic mass is 9.97. The maximum atomic E-state index is 14.5. The number of benzene rings is 2. The Bertz CT molecular complexity index is 1920. The normalized spacial score (nSPS) is 13.5. The van der Waals surface area contributed by atoms with Gasteiger partial charge in [-0.1, -0.05) is 6.92 Å². The summed E-state index contributed by atoms with van der Waals surface area (Å²) < 4.78 is 56.6. The predicted octanol–water partition coefficient (Wildman–Crippen LogP) is 5.68. The Kier molecular flexibility index (Phi) is 7.77. The van der Waals surface area contributed by atoms with Crippen molar-refractivity contribution in [3.05, 3.63) is 89.4 Å². The molecule has 5 aromatic rings. The second-order valence-corrected chi connectivity index (χ2v) is 10.6. The van der Waals surface area contributed by atoms with E-state index in [1.165, 1.54) is 24.3 Å². The maximum absolute atomic E-state index is 14.5. The zero-order valence-corrected chi connectivity index (χ0v) is 24.8. The van der Waals surface area contributed by atoms with Crippen molar-refractivity contribution in [3.63, 3.8) is 0 Å². The van der Waals surface area contributed by atoms with Gasteiger partial charge in [0.1, 0.15) is 12.4 Å². The van der Waals surface area contributed by atoms with Crippen LogP contribution in [0.25, 0.3) is 22.0 Å². The number of carbonyl (C=O) groups is 2. The number of ether oxygens (including phenoxy) is 2.